The Balaban J connectivity index is 1.70. The Bertz CT molecular complexity index is 1180. The van der Waals surface area contributed by atoms with E-state index in [9.17, 15) is 32.3 Å². The van der Waals surface area contributed by atoms with Crippen LogP contribution in [-0.2, 0) is 9.59 Å². The lowest BCUT2D eigenvalue weighted by Gasteiger charge is -2.19. The molecule has 3 rings (SSSR count). The Morgan fingerprint density at radius 3 is 2.44 bits per heavy atom. The molecule has 11 heteroatoms. The van der Waals surface area contributed by atoms with Gasteiger partial charge in [-0.05, 0) is 29.0 Å². The number of carbonyl (C=O) groups excluding carboxylic acids is 2. The van der Waals surface area contributed by atoms with E-state index < -0.39 is 35.8 Å². The summed E-state index contributed by atoms with van der Waals surface area (Å²) in [6.07, 6.45) is -7.77. The number of hydrogen-bond donors (Lipinski definition) is 3. The van der Waals surface area contributed by atoms with Gasteiger partial charge in [0.25, 0.3) is 0 Å². The quantitative estimate of drug-likeness (QED) is 0.230. The first-order valence-electron chi connectivity index (χ1n) is 8.98. The van der Waals surface area contributed by atoms with Crippen molar-refractivity contribution >= 4 is 34.5 Å². The predicted octanol–water partition coefficient (Wildman–Crippen LogP) is 3.87. The van der Waals surface area contributed by atoms with Crippen molar-refractivity contribution in [2.75, 3.05) is 5.32 Å². The van der Waals surface area contributed by atoms with Gasteiger partial charge in [-0.25, -0.2) is 5.43 Å². The third kappa shape index (κ3) is 5.12. The van der Waals surface area contributed by atoms with Crippen molar-refractivity contribution in [2.24, 2.45) is 5.10 Å². The van der Waals surface area contributed by atoms with E-state index in [1.54, 1.807) is 30.3 Å². The van der Waals surface area contributed by atoms with Crippen molar-refractivity contribution < 1.29 is 37.0 Å². The number of rotatable bonds is 6. The Kier molecular flexibility index (Phi) is 6.57. The smallest absolute Gasteiger partial charge is 0.461 e. The summed E-state index contributed by atoms with van der Waals surface area (Å²) in [5.41, 5.74) is 1.79. The Morgan fingerprint density at radius 2 is 1.69 bits per heavy atom. The van der Waals surface area contributed by atoms with Gasteiger partial charge in [0.15, 0.2) is 0 Å². The summed E-state index contributed by atoms with van der Waals surface area (Å²) in [4.78, 5) is 24.0. The number of aromatic hydroxyl groups is 1. The van der Waals surface area contributed by atoms with Gasteiger partial charge in [-0.15, -0.1) is 0 Å². The first kappa shape index (κ1) is 22.5. The Labute approximate surface area is 178 Å². The number of carbonyl (C=O) groups is 2. The van der Waals surface area contributed by atoms with E-state index in [1.165, 1.54) is 18.2 Å². The topological polar surface area (TPSA) is 100 Å². The molecular formula is C21H15F4N3O4. The fourth-order valence-corrected chi connectivity index (χ4v) is 2.66. The zero-order valence-corrected chi connectivity index (χ0v) is 16.1. The maximum atomic E-state index is 13.2. The highest BCUT2D eigenvalue weighted by Crippen LogP contribution is 2.32. The number of halogens is 4. The standard InChI is InChI=1S/C21H15F4N3O4/c22-20(23)21(24,25)32-17-8-4-3-7-15(17)27-18(30)19(31)28-26-11-14-13-6-2-1-5-12(13)9-10-16(14)29/h1-11,20,29H,(H,27,30)(H,28,31)/b26-11+. The Morgan fingerprint density at radius 1 is 1.00 bits per heavy atom. The van der Waals surface area contributed by atoms with Crippen molar-refractivity contribution in [3.8, 4) is 11.5 Å². The van der Waals surface area contributed by atoms with E-state index in [4.69, 9.17) is 0 Å². The highest BCUT2D eigenvalue weighted by atomic mass is 19.3. The molecule has 0 saturated heterocycles. The fourth-order valence-electron chi connectivity index (χ4n) is 2.66. The molecule has 3 aromatic carbocycles. The number of hydrazone groups is 1. The lowest BCUT2D eigenvalue weighted by Crippen LogP contribution is -2.35. The molecular weight excluding hydrogens is 434 g/mol. The summed E-state index contributed by atoms with van der Waals surface area (Å²) >= 11 is 0. The number of anilines is 1. The van der Waals surface area contributed by atoms with Gasteiger partial charge in [-0.2, -0.15) is 22.7 Å². The van der Waals surface area contributed by atoms with Crippen LogP contribution in [-0.4, -0.2) is 35.7 Å². The summed E-state index contributed by atoms with van der Waals surface area (Å²) in [5, 5.41) is 17.1. The van der Waals surface area contributed by atoms with Crippen LogP contribution < -0.4 is 15.5 Å². The second-order valence-corrected chi connectivity index (χ2v) is 6.33. The first-order valence-corrected chi connectivity index (χ1v) is 8.98. The van der Waals surface area contributed by atoms with E-state index in [2.05, 4.69) is 9.84 Å². The van der Waals surface area contributed by atoms with Crippen LogP contribution in [0.15, 0.2) is 65.8 Å². The molecule has 166 valence electrons. The molecule has 7 nitrogen and oxygen atoms in total. The molecule has 0 bridgehead atoms. The van der Waals surface area contributed by atoms with E-state index >= 15 is 0 Å². The summed E-state index contributed by atoms with van der Waals surface area (Å²) in [5.74, 6) is -3.47. The van der Waals surface area contributed by atoms with Crippen molar-refractivity contribution in [1.29, 1.82) is 0 Å². The number of benzene rings is 3. The number of fused-ring (bicyclic) bond motifs is 1. The lowest BCUT2D eigenvalue weighted by molar-refractivity contribution is -0.252. The van der Waals surface area contributed by atoms with Crippen LogP contribution in [0.5, 0.6) is 11.5 Å². The van der Waals surface area contributed by atoms with Crippen LogP contribution in [0.2, 0.25) is 0 Å². The monoisotopic (exact) mass is 449 g/mol. The number of alkyl halides is 4. The molecule has 2 amide bonds. The van der Waals surface area contributed by atoms with Crippen molar-refractivity contribution in [1.82, 2.24) is 5.43 Å². The van der Waals surface area contributed by atoms with Gasteiger partial charge < -0.3 is 15.2 Å². The number of nitrogens with one attached hydrogen (secondary N) is 2. The van der Waals surface area contributed by atoms with E-state index in [0.29, 0.717) is 5.39 Å². The number of para-hydroxylation sites is 2. The highest BCUT2D eigenvalue weighted by Gasteiger charge is 2.44. The summed E-state index contributed by atoms with van der Waals surface area (Å²) < 4.78 is 55.1. The molecule has 0 heterocycles. The molecule has 0 aliphatic rings. The lowest BCUT2D eigenvalue weighted by atomic mass is 10.0. The zero-order valence-electron chi connectivity index (χ0n) is 16.1. The van der Waals surface area contributed by atoms with Crippen molar-refractivity contribution in [3.63, 3.8) is 0 Å². The Hall–Kier alpha value is -4.15. The summed E-state index contributed by atoms with van der Waals surface area (Å²) in [6, 6.07) is 14.7. The van der Waals surface area contributed by atoms with Crippen LogP contribution in [0.3, 0.4) is 0 Å². The second kappa shape index (κ2) is 9.33. The normalized spacial score (nSPS) is 11.7. The average molecular weight is 449 g/mol. The molecule has 0 aliphatic heterocycles. The number of amides is 2. The summed E-state index contributed by atoms with van der Waals surface area (Å²) in [6.45, 7) is 0. The first-order chi connectivity index (χ1) is 15.2. The van der Waals surface area contributed by atoms with E-state index in [0.717, 1.165) is 23.7 Å². The molecule has 3 aromatic rings. The average Bonchev–Trinajstić information content (AvgIpc) is 2.76. The van der Waals surface area contributed by atoms with Gasteiger partial charge in [-0.3, -0.25) is 9.59 Å². The predicted molar refractivity (Wildman–Crippen MR) is 108 cm³/mol. The largest absolute Gasteiger partial charge is 0.507 e. The van der Waals surface area contributed by atoms with Gasteiger partial charge in [0.05, 0.1) is 11.9 Å². The third-order valence-electron chi connectivity index (χ3n) is 4.15. The molecule has 0 saturated carbocycles. The van der Waals surface area contributed by atoms with Gasteiger partial charge in [0.1, 0.15) is 11.5 Å². The molecule has 0 aliphatic carbocycles. The van der Waals surface area contributed by atoms with Crippen LogP contribution >= 0.6 is 0 Å². The number of ether oxygens (including phenoxy) is 1. The molecule has 0 spiro atoms. The molecule has 0 fully saturated rings. The minimum Gasteiger partial charge on any atom is -0.507 e. The fraction of sp³-hybridized carbons (Fsp3) is 0.0952. The molecule has 0 aromatic heterocycles. The number of phenols is 1. The molecule has 3 N–H and O–H groups in total. The van der Waals surface area contributed by atoms with Crippen LogP contribution in [0.25, 0.3) is 10.8 Å². The van der Waals surface area contributed by atoms with E-state index in [1.807, 2.05) is 10.7 Å². The maximum absolute atomic E-state index is 13.2. The van der Waals surface area contributed by atoms with Crippen molar-refractivity contribution in [2.45, 2.75) is 12.5 Å². The maximum Gasteiger partial charge on any atom is 0.461 e. The minimum atomic E-state index is -4.80. The minimum absolute atomic E-state index is 0.114. The summed E-state index contributed by atoms with van der Waals surface area (Å²) in [7, 11) is 0. The van der Waals surface area contributed by atoms with Gasteiger partial charge in [0, 0.05) is 5.56 Å². The van der Waals surface area contributed by atoms with Crippen LogP contribution in [0.4, 0.5) is 23.2 Å². The van der Waals surface area contributed by atoms with Crippen LogP contribution in [0.1, 0.15) is 5.56 Å². The highest BCUT2D eigenvalue weighted by molar-refractivity contribution is 6.39. The second-order valence-electron chi connectivity index (χ2n) is 6.33. The molecule has 0 atom stereocenters. The zero-order chi connectivity index (χ0) is 23.3. The van der Waals surface area contributed by atoms with Gasteiger partial charge in [-0.1, -0.05) is 42.5 Å². The molecule has 32 heavy (non-hydrogen) atoms. The van der Waals surface area contributed by atoms with Crippen LogP contribution in [0, 0.1) is 0 Å². The third-order valence-corrected chi connectivity index (χ3v) is 4.15. The van der Waals surface area contributed by atoms with Gasteiger partial charge >= 0.3 is 24.3 Å². The molecule has 0 unspecified atom stereocenters. The number of nitrogens with zero attached hydrogens (tertiary/aromatic N) is 1. The molecule has 0 radical (unpaired) electrons. The van der Waals surface area contributed by atoms with Gasteiger partial charge in [0.2, 0.25) is 0 Å². The van der Waals surface area contributed by atoms with Crippen molar-refractivity contribution in [3.05, 3.63) is 66.2 Å². The SMILES string of the molecule is O=C(N/N=C/c1c(O)ccc2ccccc12)C(=O)Nc1ccccc1OC(F)(F)C(F)F. The van der Waals surface area contributed by atoms with E-state index in [-0.39, 0.29) is 11.3 Å². The number of phenolic OH excluding ortho intramolecular Hbond substituents is 1. The number of hydrogen-bond acceptors (Lipinski definition) is 5.